The van der Waals surface area contributed by atoms with Gasteiger partial charge >= 0.3 is 0 Å². The summed E-state index contributed by atoms with van der Waals surface area (Å²) in [5, 5.41) is 10.0. The van der Waals surface area contributed by atoms with Gasteiger partial charge in [0.2, 0.25) is 5.91 Å². The molecule has 2 bridgehead atoms. The molecule has 2 aromatic carbocycles. The van der Waals surface area contributed by atoms with E-state index in [1.54, 1.807) is 11.8 Å². The summed E-state index contributed by atoms with van der Waals surface area (Å²) >= 11 is 1.72. The summed E-state index contributed by atoms with van der Waals surface area (Å²) in [5.74, 6) is 0.124. The molecule has 4 nitrogen and oxygen atoms in total. The third kappa shape index (κ3) is 2.66. The van der Waals surface area contributed by atoms with Gasteiger partial charge < -0.3 is 5.11 Å². The molecule has 3 aliphatic rings. The number of hydrogen-bond acceptors (Lipinski definition) is 4. The van der Waals surface area contributed by atoms with Crippen LogP contribution in [-0.4, -0.2) is 40.6 Å². The van der Waals surface area contributed by atoms with Gasteiger partial charge in [0.1, 0.15) is 0 Å². The largest absolute Gasteiger partial charge is 0.393 e. The Morgan fingerprint density at radius 2 is 1.50 bits per heavy atom. The maximum atomic E-state index is 13.4. The molecule has 1 N–H and O–H groups in total. The molecule has 0 spiro atoms. The molecule has 0 saturated carbocycles. The molecule has 0 aromatic heterocycles. The van der Waals surface area contributed by atoms with Crippen LogP contribution >= 0.6 is 11.8 Å². The number of carbonyl (C=O) groups is 1. The molecule has 3 heterocycles. The Balaban J connectivity index is 1.47. The lowest BCUT2D eigenvalue weighted by Crippen LogP contribution is -2.49. The highest BCUT2D eigenvalue weighted by atomic mass is 32.2. The molecule has 0 aliphatic carbocycles. The predicted octanol–water partition coefficient (Wildman–Crippen LogP) is 3.80. The number of rotatable bonds is 2. The van der Waals surface area contributed by atoms with Gasteiger partial charge in [-0.2, -0.15) is 0 Å². The summed E-state index contributed by atoms with van der Waals surface area (Å²) in [5.41, 5.74) is 1.95. The van der Waals surface area contributed by atoms with E-state index in [1.807, 2.05) is 41.3 Å². The lowest BCUT2D eigenvalue weighted by molar-refractivity contribution is -0.120. The third-order valence-electron chi connectivity index (χ3n) is 5.86. The second-order valence-electron chi connectivity index (χ2n) is 7.45. The van der Waals surface area contributed by atoms with E-state index in [1.165, 1.54) is 0 Å². The second kappa shape index (κ2) is 6.41. The first kappa shape index (κ1) is 16.4. The van der Waals surface area contributed by atoms with Crippen LogP contribution in [0.1, 0.15) is 25.7 Å². The Kier molecular flexibility index (Phi) is 4.03. The van der Waals surface area contributed by atoms with Gasteiger partial charge in [0, 0.05) is 21.9 Å². The fraction of sp³-hybridized carbons (Fsp3) is 0.381. The molecule has 1 amide bonds. The number of aliphatic hydroxyl groups excluding tert-OH is 1. The minimum absolute atomic E-state index is 0.124. The van der Waals surface area contributed by atoms with Gasteiger partial charge in [-0.3, -0.25) is 14.6 Å². The number of benzene rings is 2. The van der Waals surface area contributed by atoms with Crippen molar-refractivity contribution in [1.29, 1.82) is 0 Å². The molecule has 2 atom stereocenters. The number of hydrogen-bond donors (Lipinski definition) is 1. The highest BCUT2D eigenvalue weighted by molar-refractivity contribution is 7.99. The number of fused-ring (bicyclic) bond motifs is 4. The minimum atomic E-state index is -0.202. The standard InChI is InChI=1S/C21H22N2O2S/c24-16-11-14-9-10-15(12-16)22(14)13-21(25)23-17-5-1-3-7-19(17)26-20-8-4-2-6-18(20)23/h1-8,14-16,24H,9-13H2. The maximum Gasteiger partial charge on any atom is 0.245 e. The molecule has 2 fully saturated rings. The average Bonchev–Trinajstić information content (AvgIpc) is 2.88. The topological polar surface area (TPSA) is 43.8 Å². The molecule has 3 aliphatic heterocycles. The Morgan fingerprint density at radius 1 is 0.962 bits per heavy atom. The van der Waals surface area contributed by atoms with Crippen molar-refractivity contribution in [2.45, 2.75) is 53.7 Å². The molecule has 26 heavy (non-hydrogen) atoms. The summed E-state index contributed by atoms with van der Waals surface area (Å²) in [4.78, 5) is 19.9. The Hall–Kier alpha value is -1.82. The molecule has 2 saturated heterocycles. The van der Waals surface area contributed by atoms with Crippen LogP contribution in [0.3, 0.4) is 0 Å². The van der Waals surface area contributed by atoms with Crippen molar-refractivity contribution in [3.63, 3.8) is 0 Å². The number of para-hydroxylation sites is 2. The quantitative estimate of drug-likeness (QED) is 0.878. The van der Waals surface area contributed by atoms with Gasteiger partial charge in [-0.1, -0.05) is 36.0 Å². The SMILES string of the molecule is O=C(CN1C2CCC1CC(O)C2)N1c2ccccc2Sc2ccccc21. The van der Waals surface area contributed by atoms with Crippen LogP contribution < -0.4 is 4.90 Å². The summed E-state index contributed by atoms with van der Waals surface area (Å²) < 4.78 is 0. The van der Waals surface area contributed by atoms with Crippen molar-refractivity contribution < 1.29 is 9.90 Å². The minimum Gasteiger partial charge on any atom is -0.393 e. The Labute approximate surface area is 157 Å². The van der Waals surface area contributed by atoms with E-state index in [4.69, 9.17) is 0 Å². The highest BCUT2D eigenvalue weighted by Gasteiger charge is 2.42. The fourth-order valence-corrected chi connectivity index (χ4v) is 5.76. The Bertz CT molecular complexity index is 796. The number of amides is 1. The van der Waals surface area contributed by atoms with Crippen molar-refractivity contribution >= 4 is 29.0 Å². The lowest BCUT2D eigenvalue weighted by atomic mass is 10.00. The zero-order chi connectivity index (χ0) is 17.7. The van der Waals surface area contributed by atoms with Gasteiger partial charge in [0.05, 0.1) is 24.0 Å². The fourth-order valence-electron chi connectivity index (χ4n) is 4.70. The summed E-state index contributed by atoms with van der Waals surface area (Å²) in [6, 6.07) is 16.9. The summed E-state index contributed by atoms with van der Waals surface area (Å²) in [6.07, 6.45) is 3.59. The number of aliphatic hydroxyl groups is 1. The van der Waals surface area contributed by atoms with Gasteiger partial charge in [-0.15, -0.1) is 0 Å². The first-order valence-electron chi connectivity index (χ1n) is 9.33. The molecule has 5 heteroatoms. The zero-order valence-electron chi connectivity index (χ0n) is 14.5. The molecular formula is C21H22N2O2S. The van der Waals surface area contributed by atoms with Gasteiger partial charge in [0.25, 0.3) is 0 Å². The van der Waals surface area contributed by atoms with Crippen molar-refractivity contribution in [1.82, 2.24) is 4.90 Å². The Morgan fingerprint density at radius 3 is 2.08 bits per heavy atom. The van der Waals surface area contributed by atoms with Gasteiger partial charge in [-0.05, 0) is 49.9 Å². The number of piperidine rings is 1. The first-order chi connectivity index (χ1) is 12.7. The van der Waals surface area contributed by atoms with Crippen LogP contribution in [0.15, 0.2) is 58.3 Å². The lowest BCUT2D eigenvalue weighted by Gasteiger charge is -2.38. The van der Waals surface area contributed by atoms with E-state index >= 15 is 0 Å². The van der Waals surface area contributed by atoms with E-state index < -0.39 is 0 Å². The highest BCUT2D eigenvalue weighted by Crippen LogP contribution is 2.48. The monoisotopic (exact) mass is 366 g/mol. The molecule has 134 valence electrons. The van der Waals surface area contributed by atoms with E-state index in [-0.39, 0.29) is 12.0 Å². The van der Waals surface area contributed by atoms with Crippen molar-refractivity contribution in [2.24, 2.45) is 0 Å². The summed E-state index contributed by atoms with van der Waals surface area (Å²) in [7, 11) is 0. The third-order valence-corrected chi connectivity index (χ3v) is 6.99. The summed E-state index contributed by atoms with van der Waals surface area (Å²) in [6.45, 7) is 0.426. The van der Waals surface area contributed by atoms with Crippen LogP contribution in [-0.2, 0) is 4.79 Å². The number of anilines is 2. The van der Waals surface area contributed by atoms with E-state index in [9.17, 15) is 9.90 Å². The maximum absolute atomic E-state index is 13.4. The van der Waals surface area contributed by atoms with Crippen LogP contribution in [0.4, 0.5) is 11.4 Å². The molecular weight excluding hydrogens is 344 g/mol. The van der Waals surface area contributed by atoms with E-state index in [0.29, 0.717) is 18.6 Å². The van der Waals surface area contributed by atoms with Crippen LogP contribution in [0.25, 0.3) is 0 Å². The molecule has 2 aromatic rings. The van der Waals surface area contributed by atoms with Crippen molar-refractivity contribution in [3.8, 4) is 0 Å². The molecule has 5 rings (SSSR count). The first-order valence-corrected chi connectivity index (χ1v) is 10.1. The average molecular weight is 366 g/mol. The predicted molar refractivity (Wildman–Crippen MR) is 103 cm³/mol. The number of nitrogens with zero attached hydrogens (tertiary/aromatic N) is 2. The normalized spacial score (nSPS) is 27.1. The van der Waals surface area contributed by atoms with Crippen LogP contribution in [0.2, 0.25) is 0 Å². The smallest absolute Gasteiger partial charge is 0.245 e. The molecule has 2 unspecified atom stereocenters. The van der Waals surface area contributed by atoms with Crippen molar-refractivity contribution in [3.05, 3.63) is 48.5 Å². The van der Waals surface area contributed by atoms with Gasteiger partial charge in [-0.25, -0.2) is 0 Å². The van der Waals surface area contributed by atoms with Gasteiger partial charge in [0.15, 0.2) is 0 Å². The van der Waals surface area contributed by atoms with E-state index in [2.05, 4.69) is 17.0 Å². The van der Waals surface area contributed by atoms with Crippen molar-refractivity contribution in [2.75, 3.05) is 11.4 Å². The number of carbonyl (C=O) groups excluding carboxylic acids is 1. The van der Waals surface area contributed by atoms with E-state index in [0.717, 1.165) is 46.8 Å². The van der Waals surface area contributed by atoms with Crippen LogP contribution in [0.5, 0.6) is 0 Å². The molecule has 0 radical (unpaired) electrons. The second-order valence-corrected chi connectivity index (χ2v) is 8.53. The van der Waals surface area contributed by atoms with Crippen LogP contribution in [0, 0.1) is 0 Å². The zero-order valence-corrected chi connectivity index (χ0v) is 15.4.